The summed E-state index contributed by atoms with van der Waals surface area (Å²) in [5, 5.41) is 18.2. The number of carbonyl (C=O) groups is 1. The van der Waals surface area contributed by atoms with Gasteiger partial charge in [0.15, 0.2) is 5.82 Å². The van der Waals surface area contributed by atoms with Crippen LogP contribution in [0, 0.1) is 6.92 Å². The smallest absolute Gasteiger partial charge is 0.254 e. The van der Waals surface area contributed by atoms with Crippen LogP contribution in [0.4, 0.5) is 0 Å². The van der Waals surface area contributed by atoms with E-state index in [9.17, 15) is 4.79 Å². The van der Waals surface area contributed by atoms with Crippen LogP contribution >= 0.6 is 12.4 Å². The number of ether oxygens (including phenoxy) is 1. The molecule has 24 heavy (non-hydrogen) atoms. The number of hydrogen-bond donors (Lipinski definition) is 2. The van der Waals surface area contributed by atoms with Crippen molar-refractivity contribution in [2.75, 3.05) is 20.2 Å². The molecule has 0 saturated heterocycles. The van der Waals surface area contributed by atoms with E-state index in [1.54, 1.807) is 16.8 Å². The average Bonchev–Trinajstić information content (AvgIpc) is 2.95. The highest BCUT2D eigenvalue weighted by atomic mass is 35.5. The molecule has 2 N–H and O–H groups in total. The summed E-state index contributed by atoms with van der Waals surface area (Å²) >= 11 is 0. The van der Waals surface area contributed by atoms with Crippen LogP contribution in [0.2, 0.25) is 0 Å². The third-order valence-electron chi connectivity index (χ3n) is 3.45. The molecule has 0 saturated carbocycles. The zero-order valence-corrected chi connectivity index (χ0v) is 15.1. The minimum atomic E-state index is -0.158. The standard InChI is InChI=1S/C15H22N6O2.ClH/c1-5-23-14-7-6-13(19-20-14)21-11(3)12(9-18-21)15(22)17-8-10(2)16-4;/h6-7,9-10,16H,5,8H2,1-4H3,(H,17,22);1H. The largest absolute Gasteiger partial charge is 0.477 e. The van der Waals surface area contributed by atoms with Crippen molar-refractivity contribution in [3.63, 3.8) is 0 Å². The van der Waals surface area contributed by atoms with Crippen molar-refractivity contribution in [3.8, 4) is 11.7 Å². The Balaban J connectivity index is 0.00000288. The third kappa shape index (κ3) is 4.65. The van der Waals surface area contributed by atoms with E-state index in [0.717, 1.165) is 0 Å². The molecule has 9 heteroatoms. The van der Waals surface area contributed by atoms with Gasteiger partial charge in [-0.25, -0.2) is 4.68 Å². The maximum atomic E-state index is 12.2. The summed E-state index contributed by atoms with van der Waals surface area (Å²) in [6, 6.07) is 3.68. The van der Waals surface area contributed by atoms with Gasteiger partial charge in [0.05, 0.1) is 24.1 Å². The van der Waals surface area contributed by atoms with Crippen LogP contribution in [0.25, 0.3) is 5.82 Å². The summed E-state index contributed by atoms with van der Waals surface area (Å²) in [5.41, 5.74) is 1.22. The Morgan fingerprint density at radius 3 is 2.71 bits per heavy atom. The van der Waals surface area contributed by atoms with Crippen molar-refractivity contribution < 1.29 is 9.53 Å². The summed E-state index contributed by atoms with van der Waals surface area (Å²) in [6.45, 7) is 6.77. The van der Waals surface area contributed by atoms with Gasteiger partial charge in [-0.15, -0.1) is 22.6 Å². The van der Waals surface area contributed by atoms with E-state index in [1.807, 2.05) is 27.8 Å². The molecule has 2 aromatic heterocycles. The second-order valence-corrected chi connectivity index (χ2v) is 5.12. The lowest BCUT2D eigenvalue weighted by molar-refractivity contribution is 0.0950. The molecule has 0 aliphatic carbocycles. The van der Waals surface area contributed by atoms with Crippen molar-refractivity contribution in [3.05, 3.63) is 29.6 Å². The molecule has 2 rings (SSSR count). The molecule has 0 aliphatic rings. The van der Waals surface area contributed by atoms with Gasteiger partial charge in [-0.3, -0.25) is 4.79 Å². The van der Waals surface area contributed by atoms with Crippen molar-refractivity contribution >= 4 is 18.3 Å². The molecule has 132 valence electrons. The number of halogens is 1. The quantitative estimate of drug-likeness (QED) is 0.774. The third-order valence-corrected chi connectivity index (χ3v) is 3.45. The summed E-state index contributed by atoms with van der Waals surface area (Å²) in [5.74, 6) is 0.837. The Bertz CT molecular complexity index is 658. The monoisotopic (exact) mass is 354 g/mol. The fourth-order valence-electron chi connectivity index (χ4n) is 1.96. The van der Waals surface area contributed by atoms with Crippen molar-refractivity contribution in [1.82, 2.24) is 30.6 Å². The lowest BCUT2D eigenvalue weighted by Gasteiger charge is -2.11. The topological polar surface area (TPSA) is 94.0 Å². The molecule has 1 atom stereocenters. The normalized spacial score (nSPS) is 11.5. The molecular weight excluding hydrogens is 332 g/mol. The van der Waals surface area contributed by atoms with Crippen LogP contribution in [0.5, 0.6) is 5.88 Å². The zero-order chi connectivity index (χ0) is 16.8. The fourth-order valence-corrected chi connectivity index (χ4v) is 1.96. The Labute approximate surface area is 147 Å². The second kappa shape index (κ2) is 9.19. The number of nitrogens with zero attached hydrogens (tertiary/aromatic N) is 4. The molecule has 2 aromatic rings. The SMILES string of the molecule is CCOc1ccc(-n2ncc(C(=O)NCC(C)NC)c2C)nn1.Cl. The first-order valence-electron chi connectivity index (χ1n) is 7.53. The first-order valence-corrected chi connectivity index (χ1v) is 7.53. The first-order chi connectivity index (χ1) is 11.1. The van der Waals surface area contributed by atoms with E-state index in [2.05, 4.69) is 25.9 Å². The Morgan fingerprint density at radius 1 is 1.38 bits per heavy atom. The summed E-state index contributed by atoms with van der Waals surface area (Å²) in [4.78, 5) is 12.2. The molecule has 1 amide bonds. The van der Waals surface area contributed by atoms with Gasteiger partial charge in [0.1, 0.15) is 0 Å². The van der Waals surface area contributed by atoms with Crippen molar-refractivity contribution in [2.45, 2.75) is 26.8 Å². The molecule has 8 nitrogen and oxygen atoms in total. The lowest BCUT2D eigenvalue weighted by Crippen LogP contribution is -2.37. The summed E-state index contributed by atoms with van der Waals surface area (Å²) in [6.07, 6.45) is 1.53. The lowest BCUT2D eigenvalue weighted by atomic mass is 10.2. The van der Waals surface area contributed by atoms with Gasteiger partial charge < -0.3 is 15.4 Å². The number of carbonyl (C=O) groups excluding carboxylic acids is 1. The van der Waals surface area contributed by atoms with E-state index in [4.69, 9.17) is 4.74 Å². The predicted octanol–water partition coefficient (Wildman–Crippen LogP) is 1.13. The van der Waals surface area contributed by atoms with Gasteiger partial charge in [-0.1, -0.05) is 0 Å². The Kier molecular flexibility index (Phi) is 7.60. The predicted molar refractivity (Wildman–Crippen MR) is 93.2 cm³/mol. The molecule has 0 bridgehead atoms. The van der Waals surface area contributed by atoms with Crippen LogP contribution < -0.4 is 15.4 Å². The average molecular weight is 355 g/mol. The molecule has 0 spiro atoms. The molecule has 0 aliphatic heterocycles. The van der Waals surface area contributed by atoms with Crippen LogP contribution in [0.15, 0.2) is 18.3 Å². The maximum absolute atomic E-state index is 12.2. The molecule has 1 unspecified atom stereocenters. The van der Waals surface area contributed by atoms with Gasteiger partial charge >= 0.3 is 0 Å². The number of likely N-dealkylation sites (N-methyl/N-ethyl adjacent to an activating group) is 1. The zero-order valence-electron chi connectivity index (χ0n) is 14.2. The molecule has 0 aromatic carbocycles. The van der Waals surface area contributed by atoms with E-state index >= 15 is 0 Å². The van der Waals surface area contributed by atoms with Crippen LogP contribution in [0.1, 0.15) is 29.9 Å². The van der Waals surface area contributed by atoms with Crippen molar-refractivity contribution in [2.24, 2.45) is 0 Å². The number of amides is 1. The number of nitrogens with one attached hydrogen (secondary N) is 2. The first kappa shape index (κ1) is 19.9. The molecule has 0 radical (unpaired) electrons. The van der Waals surface area contributed by atoms with E-state index in [-0.39, 0.29) is 24.4 Å². The van der Waals surface area contributed by atoms with E-state index in [0.29, 0.717) is 36.1 Å². The van der Waals surface area contributed by atoms with Crippen molar-refractivity contribution in [1.29, 1.82) is 0 Å². The summed E-state index contributed by atoms with van der Waals surface area (Å²) < 4.78 is 6.84. The van der Waals surface area contributed by atoms with E-state index in [1.165, 1.54) is 6.20 Å². The Hall–Kier alpha value is -2.19. The van der Waals surface area contributed by atoms with Crippen LogP contribution in [-0.4, -0.2) is 52.1 Å². The number of rotatable bonds is 7. The molecule has 0 fully saturated rings. The highest BCUT2D eigenvalue weighted by molar-refractivity contribution is 5.95. The van der Waals surface area contributed by atoms with Gasteiger partial charge in [0.2, 0.25) is 5.88 Å². The van der Waals surface area contributed by atoms with Gasteiger partial charge in [-0.05, 0) is 33.9 Å². The minimum absolute atomic E-state index is 0. The Morgan fingerprint density at radius 2 is 2.12 bits per heavy atom. The number of hydrogen-bond acceptors (Lipinski definition) is 6. The molecular formula is C15H23ClN6O2. The minimum Gasteiger partial charge on any atom is -0.477 e. The van der Waals surface area contributed by atoms with Gasteiger partial charge in [-0.2, -0.15) is 5.10 Å². The van der Waals surface area contributed by atoms with Crippen LogP contribution in [-0.2, 0) is 0 Å². The van der Waals surface area contributed by atoms with Gasteiger partial charge in [0.25, 0.3) is 5.91 Å². The fraction of sp³-hybridized carbons (Fsp3) is 0.467. The maximum Gasteiger partial charge on any atom is 0.254 e. The van der Waals surface area contributed by atoms with Crippen LogP contribution in [0.3, 0.4) is 0 Å². The highest BCUT2D eigenvalue weighted by Gasteiger charge is 2.16. The van der Waals surface area contributed by atoms with Gasteiger partial charge in [0, 0.05) is 18.7 Å². The second-order valence-electron chi connectivity index (χ2n) is 5.12. The van der Waals surface area contributed by atoms with E-state index < -0.39 is 0 Å². The molecule has 2 heterocycles. The number of aromatic nitrogens is 4. The highest BCUT2D eigenvalue weighted by Crippen LogP contribution is 2.13. The summed E-state index contributed by atoms with van der Waals surface area (Å²) in [7, 11) is 1.85.